The Hall–Kier alpha value is -3.04. The Morgan fingerprint density at radius 3 is 2.27 bits per heavy atom. The minimum atomic E-state index is -3.70. The van der Waals surface area contributed by atoms with Crippen molar-refractivity contribution in [1.82, 2.24) is 4.31 Å². The van der Waals surface area contributed by atoms with E-state index < -0.39 is 15.9 Å². The number of sulfonamides is 1. The average Bonchev–Trinajstić information content (AvgIpc) is 2.78. The van der Waals surface area contributed by atoms with E-state index in [1.165, 1.54) is 29.6 Å². The summed E-state index contributed by atoms with van der Waals surface area (Å²) in [4.78, 5) is 12.8. The van der Waals surface area contributed by atoms with Crippen molar-refractivity contribution in [3.63, 3.8) is 0 Å². The smallest absolute Gasteiger partial charge is 0.248 e. The Morgan fingerprint density at radius 2 is 1.70 bits per heavy atom. The van der Waals surface area contributed by atoms with Crippen LogP contribution in [0, 0.1) is 0 Å². The van der Waals surface area contributed by atoms with Gasteiger partial charge in [-0.05, 0) is 56.3 Å². The first kappa shape index (κ1) is 26.2. The maximum atomic E-state index is 12.9. The van der Waals surface area contributed by atoms with Gasteiger partial charge in [-0.15, -0.1) is 0 Å². The molecule has 0 fully saturated rings. The number of carbonyl (C=O) groups excluding carboxylic acids is 1. The lowest BCUT2D eigenvalue weighted by molar-refractivity contribution is -0.111. The number of benzene rings is 2. The largest absolute Gasteiger partial charge is 0.497 e. The van der Waals surface area contributed by atoms with E-state index in [0.29, 0.717) is 35.9 Å². The van der Waals surface area contributed by atoms with Crippen LogP contribution in [0.3, 0.4) is 0 Å². The molecule has 0 aliphatic carbocycles. The Morgan fingerprint density at radius 1 is 1.03 bits per heavy atom. The minimum absolute atomic E-state index is 0.0797. The Balaban J connectivity index is 2.38. The van der Waals surface area contributed by atoms with Gasteiger partial charge in [0.2, 0.25) is 15.9 Å². The first-order valence-corrected chi connectivity index (χ1v) is 12.1. The van der Waals surface area contributed by atoms with Crippen molar-refractivity contribution in [2.24, 2.45) is 0 Å². The normalized spacial score (nSPS) is 11.8. The Labute approximate surface area is 196 Å². The maximum Gasteiger partial charge on any atom is 0.248 e. The van der Waals surface area contributed by atoms with Gasteiger partial charge in [0.05, 0.1) is 30.9 Å². The first-order valence-electron chi connectivity index (χ1n) is 10.7. The molecule has 0 aliphatic heterocycles. The molecular formula is C24H32N2O6S. The van der Waals surface area contributed by atoms with Crippen LogP contribution in [0.15, 0.2) is 47.4 Å². The third-order valence-electron chi connectivity index (χ3n) is 4.77. The lowest BCUT2D eigenvalue weighted by Gasteiger charge is -2.20. The number of anilines is 1. The monoisotopic (exact) mass is 476 g/mol. The van der Waals surface area contributed by atoms with Crippen LogP contribution >= 0.6 is 0 Å². The molecule has 0 aromatic heterocycles. The Kier molecular flexibility index (Phi) is 9.31. The van der Waals surface area contributed by atoms with Crippen LogP contribution in [0.4, 0.5) is 5.69 Å². The fourth-order valence-electron chi connectivity index (χ4n) is 3.15. The molecule has 1 N–H and O–H groups in total. The molecule has 2 rings (SSSR count). The summed E-state index contributed by atoms with van der Waals surface area (Å²) in [6.07, 6.45) is 2.76. The molecule has 33 heavy (non-hydrogen) atoms. The molecule has 2 aromatic carbocycles. The van der Waals surface area contributed by atoms with Crippen LogP contribution in [0.2, 0.25) is 0 Å². The molecule has 8 nitrogen and oxygen atoms in total. The van der Waals surface area contributed by atoms with Crippen molar-refractivity contribution in [1.29, 1.82) is 0 Å². The van der Waals surface area contributed by atoms with Crippen molar-refractivity contribution in [3.8, 4) is 17.2 Å². The standard InChI is InChI=1S/C24H32N2O6S/c1-7-26(8-2)33(28,29)20-11-13-23(32-17(3)4)21(16-20)25-24(27)14-9-18-15-19(30-5)10-12-22(18)31-6/h9-17H,7-8H2,1-6H3,(H,25,27)/b14-9+. The van der Waals surface area contributed by atoms with Crippen molar-refractivity contribution in [3.05, 3.63) is 48.0 Å². The Bertz CT molecular complexity index is 1090. The van der Waals surface area contributed by atoms with Crippen LogP contribution in [0.1, 0.15) is 33.3 Å². The second-order valence-electron chi connectivity index (χ2n) is 7.34. The molecule has 2 aromatic rings. The zero-order valence-electron chi connectivity index (χ0n) is 19.9. The lowest BCUT2D eigenvalue weighted by atomic mass is 10.1. The highest BCUT2D eigenvalue weighted by atomic mass is 32.2. The first-order chi connectivity index (χ1) is 15.7. The van der Waals surface area contributed by atoms with E-state index in [0.717, 1.165) is 0 Å². The minimum Gasteiger partial charge on any atom is -0.497 e. The number of amides is 1. The zero-order valence-corrected chi connectivity index (χ0v) is 20.7. The van der Waals surface area contributed by atoms with E-state index in [9.17, 15) is 13.2 Å². The van der Waals surface area contributed by atoms with Gasteiger partial charge in [-0.1, -0.05) is 13.8 Å². The number of carbonyl (C=O) groups is 1. The average molecular weight is 477 g/mol. The van der Waals surface area contributed by atoms with Gasteiger partial charge in [-0.3, -0.25) is 4.79 Å². The fourth-order valence-corrected chi connectivity index (χ4v) is 4.63. The van der Waals surface area contributed by atoms with E-state index >= 15 is 0 Å². The molecule has 180 valence electrons. The van der Waals surface area contributed by atoms with Gasteiger partial charge in [-0.2, -0.15) is 4.31 Å². The predicted octanol–water partition coefficient (Wildman–Crippen LogP) is 4.17. The molecule has 0 unspecified atom stereocenters. The van der Waals surface area contributed by atoms with Crippen molar-refractivity contribution < 1.29 is 27.4 Å². The fraction of sp³-hybridized carbons (Fsp3) is 0.375. The topological polar surface area (TPSA) is 94.2 Å². The maximum absolute atomic E-state index is 12.9. The number of hydrogen-bond acceptors (Lipinski definition) is 6. The van der Waals surface area contributed by atoms with Crippen molar-refractivity contribution in [2.75, 3.05) is 32.6 Å². The SMILES string of the molecule is CCN(CC)S(=O)(=O)c1ccc(OC(C)C)c(NC(=O)/C=C/c2cc(OC)ccc2OC)c1. The van der Waals surface area contributed by atoms with E-state index in [2.05, 4.69) is 5.32 Å². The van der Waals surface area contributed by atoms with Gasteiger partial charge in [0, 0.05) is 24.7 Å². The summed E-state index contributed by atoms with van der Waals surface area (Å²) in [6, 6.07) is 9.70. The number of nitrogens with one attached hydrogen (secondary N) is 1. The van der Waals surface area contributed by atoms with Gasteiger partial charge in [0.15, 0.2) is 0 Å². The van der Waals surface area contributed by atoms with Crippen LogP contribution < -0.4 is 19.5 Å². The number of ether oxygens (including phenoxy) is 3. The summed E-state index contributed by atoms with van der Waals surface area (Å²) in [5, 5.41) is 2.73. The molecule has 1 amide bonds. The molecule has 0 atom stereocenters. The molecule has 0 aliphatic rings. The summed E-state index contributed by atoms with van der Waals surface area (Å²) in [5.41, 5.74) is 0.924. The number of hydrogen-bond donors (Lipinski definition) is 1. The molecule has 0 heterocycles. The summed E-state index contributed by atoms with van der Waals surface area (Å²) >= 11 is 0. The summed E-state index contributed by atoms with van der Waals surface area (Å²) in [5.74, 6) is 1.13. The van der Waals surface area contributed by atoms with Gasteiger partial charge < -0.3 is 19.5 Å². The van der Waals surface area contributed by atoms with Crippen LogP contribution in [0.25, 0.3) is 6.08 Å². The van der Waals surface area contributed by atoms with Crippen molar-refractivity contribution in [2.45, 2.75) is 38.7 Å². The second-order valence-corrected chi connectivity index (χ2v) is 9.28. The number of methoxy groups -OCH3 is 2. The third kappa shape index (κ3) is 6.72. The van der Waals surface area contributed by atoms with Gasteiger partial charge in [0.25, 0.3) is 0 Å². The molecule has 0 radical (unpaired) electrons. The molecule has 0 saturated carbocycles. The predicted molar refractivity (Wildman–Crippen MR) is 130 cm³/mol. The third-order valence-corrected chi connectivity index (χ3v) is 6.81. The highest BCUT2D eigenvalue weighted by molar-refractivity contribution is 7.89. The van der Waals surface area contributed by atoms with Gasteiger partial charge in [0.1, 0.15) is 17.2 Å². The zero-order chi connectivity index (χ0) is 24.6. The molecule has 0 spiro atoms. The van der Waals surface area contributed by atoms with Crippen LogP contribution in [0.5, 0.6) is 17.2 Å². The lowest BCUT2D eigenvalue weighted by Crippen LogP contribution is -2.30. The van der Waals surface area contributed by atoms with Gasteiger partial charge in [-0.25, -0.2) is 8.42 Å². The second kappa shape index (κ2) is 11.7. The summed E-state index contributed by atoms with van der Waals surface area (Å²) in [6.45, 7) is 7.93. The highest BCUT2D eigenvalue weighted by Crippen LogP contribution is 2.30. The van der Waals surface area contributed by atoms with E-state index in [4.69, 9.17) is 14.2 Å². The highest BCUT2D eigenvalue weighted by Gasteiger charge is 2.23. The van der Waals surface area contributed by atoms with Crippen LogP contribution in [-0.2, 0) is 14.8 Å². The number of rotatable bonds is 11. The van der Waals surface area contributed by atoms with E-state index in [1.807, 2.05) is 13.8 Å². The molecular weight excluding hydrogens is 444 g/mol. The quantitative estimate of drug-likeness (QED) is 0.489. The summed E-state index contributed by atoms with van der Waals surface area (Å²) in [7, 11) is -0.607. The molecule has 9 heteroatoms. The summed E-state index contributed by atoms with van der Waals surface area (Å²) < 4.78 is 43.6. The van der Waals surface area contributed by atoms with Gasteiger partial charge >= 0.3 is 0 Å². The van der Waals surface area contributed by atoms with E-state index in [-0.39, 0.29) is 16.7 Å². The van der Waals surface area contributed by atoms with Crippen molar-refractivity contribution >= 4 is 27.7 Å². The van der Waals surface area contributed by atoms with E-state index in [1.54, 1.807) is 51.3 Å². The number of nitrogens with zero attached hydrogens (tertiary/aromatic N) is 1. The van der Waals surface area contributed by atoms with Crippen LogP contribution in [-0.4, -0.2) is 52.0 Å². The molecule has 0 saturated heterocycles. The molecule has 0 bridgehead atoms.